The van der Waals surface area contributed by atoms with Crippen LogP contribution in [0.5, 0.6) is 5.75 Å². The molecule has 0 bridgehead atoms. The highest BCUT2D eigenvalue weighted by Crippen LogP contribution is 2.29. The molecule has 0 radical (unpaired) electrons. The monoisotopic (exact) mass is 304 g/mol. The quantitative estimate of drug-likeness (QED) is 0.837. The zero-order chi connectivity index (χ0) is 16.1. The first-order chi connectivity index (χ1) is 10.5. The van der Waals surface area contributed by atoms with Crippen molar-refractivity contribution in [2.45, 2.75) is 40.2 Å². The fourth-order valence-corrected chi connectivity index (χ4v) is 2.75. The van der Waals surface area contributed by atoms with Gasteiger partial charge in [0.1, 0.15) is 5.75 Å². The van der Waals surface area contributed by atoms with Gasteiger partial charge in [-0.2, -0.15) is 0 Å². The van der Waals surface area contributed by atoms with Gasteiger partial charge < -0.3 is 14.5 Å². The van der Waals surface area contributed by atoms with E-state index >= 15 is 0 Å². The van der Waals surface area contributed by atoms with Gasteiger partial charge in [0.15, 0.2) is 0 Å². The van der Waals surface area contributed by atoms with E-state index in [0.717, 1.165) is 37.6 Å². The van der Waals surface area contributed by atoms with Crippen LogP contribution in [0, 0.1) is 5.92 Å². The van der Waals surface area contributed by atoms with Crippen molar-refractivity contribution in [1.82, 2.24) is 4.90 Å². The van der Waals surface area contributed by atoms with Crippen molar-refractivity contribution in [2.75, 3.05) is 31.1 Å². The summed E-state index contributed by atoms with van der Waals surface area (Å²) in [5.41, 5.74) is 1.13. The molecule has 1 aliphatic heterocycles. The summed E-state index contributed by atoms with van der Waals surface area (Å²) >= 11 is 0. The van der Waals surface area contributed by atoms with E-state index in [2.05, 4.69) is 24.8 Å². The molecule has 1 aliphatic rings. The third-order valence-electron chi connectivity index (χ3n) is 3.78. The van der Waals surface area contributed by atoms with Crippen molar-refractivity contribution in [2.24, 2.45) is 5.92 Å². The molecule has 0 unspecified atom stereocenters. The zero-order valence-electron chi connectivity index (χ0n) is 14.2. The average Bonchev–Trinajstić information content (AvgIpc) is 2.47. The molecule has 1 amide bonds. The first-order valence-electron chi connectivity index (χ1n) is 8.25. The molecule has 4 nitrogen and oxygen atoms in total. The smallest absolute Gasteiger partial charge is 0.222 e. The third-order valence-corrected chi connectivity index (χ3v) is 3.78. The number of carbonyl (C=O) groups excluding carboxylic acids is 1. The minimum atomic E-state index is 0.162. The van der Waals surface area contributed by atoms with E-state index in [4.69, 9.17) is 4.74 Å². The summed E-state index contributed by atoms with van der Waals surface area (Å²) in [6.45, 7) is 11.6. The number of hydrogen-bond donors (Lipinski definition) is 0. The van der Waals surface area contributed by atoms with Crippen molar-refractivity contribution in [3.8, 4) is 5.75 Å². The Bertz CT molecular complexity index is 492. The molecule has 22 heavy (non-hydrogen) atoms. The molecule has 0 N–H and O–H groups in total. The predicted molar refractivity (Wildman–Crippen MR) is 90.5 cm³/mol. The molecule has 122 valence electrons. The SMILES string of the molecule is CC(C)CC(=O)N1CCN(c2ccccc2OC(C)C)CC1. The number of hydrogen-bond acceptors (Lipinski definition) is 3. The molecule has 0 atom stereocenters. The van der Waals surface area contributed by atoms with Gasteiger partial charge in [0.2, 0.25) is 5.91 Å². The lowest BCUT2D eigenvalue weighted by Crippen LogP contribution is -2.49. The second kappa shape index (κ2) is 7.52. The summed E-state index contributed by atoms with van der Waals surface area (Å²) in [7, 11) is 0. The number of carbonyl (C=O) groups is 1. The van der Waals surface area contributed by atoms with Crippen molar-refractivity contribution in [1.29, 1.82) is 0 Å². The van der Waals surface area contributed by atoms with Crippen LogP contribution in [0.25, 0.3) is 0 Å². The summed E-state index contributed by atoms with van der Waals surface area (Å²) in [6, 6.07) is 8.16. The number of anilines is 1. The van der Waals surface area contributed by atoms with Gasteiger partial charge in [-0.05, 0) is 31.9 Å². The van der Waals surface area contributed by atoms with Crippen LogP contribution in [0.3, 0.4) is 0 Å². The minimum absolute atomic E-state index is 0.162. The van der Waals surface area contributed by atoms with Crippen LogP contribution in [-0.4, -0.2) is 43.1 Å². The van der Waals surface area contributed by atoms with Crippen LogP contribution in [-0.2, 0) is 4.79 Å². The summed E-state index contributed by atoms with van der Waals surface area (Å²) in [4.78, 5) is 16.5. The highest BCUT2D eigenvalue weighted by molar-refractivity contribution is 5.76. The minimum Gasteiger partial charge on any atom is -0.489 e. The number of amides is 1. The maximum Gasteiger partial charge on any atom is 0.222 e. The molecule has 0 aliphatic carbocycles. The molecule has 1 aromatic carbocycles. The second-order valence-corrected chi connectivity index (χ2v) is 6.60. The maximum atomic E-state index is 12.1. The molecule has 0 spiro atoms. The van der Waals surface area contributed by atoms with E-state index in [1.165, 1.54) is 0 Å². The Morgan fingerprint density at radius 3 is 2.32 bits per heavy atom. The van der Waals surface area contributed by atoms with Gasteiger partial charge in [-0.15, -0.1) is 0 Å². The fraction of sp³-hybridized carbons (Fsp3) is 0.611. The largest absolute Gasteiger partial charge is 0.489 e. The molecule has 1 saturated heterocycles. The molecule has 1 aromatic rings. The van der Waals surface area contributed by atoms with Gasteiger partial charge in [-0.3, -0.25) is 4.79 Å². The number of ether oxygens (including phenoxy) is 1. The van der Waals surface area contributed by atoms with Crippen molar-refractivity contribution >= 4 is 11.6 Å². The van der Waals surface area contributed by atoms with E-state index < -0.39 is 0 Å². The molecule has 0 saturated carbocycles. The van der Waals surface area contributed by atoms with Crippen LogP contribution in [0.4, 0.5) is 5.69 Å². The van der Waals surface area contributed by atoms with Crippen molar-refractivity contribution in [3.63, 3.8) is 0 Å². The molecule has 2 rings (SSSR count). The van der Waals surface area contributed by atoms with Gasteiger partial charge >= 0.3 is 0 Å². The number of nitrogens with zero attached hydrogens (tertiary/aromatic N) is 2. The van der Waals surface area contributed by atoms with Crippen molar-refractivity contribution in [3.05, 3.63) is 24.3 Å². The summed E-state index contributed by atoms with van der Waals surface area (Å²) in [5.74, 6) is 1.63. The Morgan fingerprint density at radius 2 is 1.73 bits per heavy atom. The Balaban J connectivity index is 1.98. The Kier molecular flexibility index (Phi) is 5.69. The highest BCUT2D eigenvalue weighted by atomic mass is 16.5. The van der Waals surface area contributed by atoms with Gasteiger partial charge in [0.05, 0.1) is 11.8 Å². The number of piperazine rings is 1. The topological polar surface area (TPSA) is 32.8 Å². The molecular weight excluding hydrogens is 276 g/mol. The molecular formula is C18H28N2O2. The van der Waals surface area contributed by atoms with E-state index in [9.17, 15) is 4.79 Å². The molecule has 1 fully saturated rings. The maximum absolute atomic E-state index is 12.1. The van der Waals surface area contributed by atoms with Gasteiger partial charge in [-0.25, -0.2) is 0 Å². The summed E-state index contributed by atoms with van der Waals surface area (Å²) in [5, 5.41) is 0. The Hall–Kier alpha value is -1.71. The number of benzene rings is 1. The number of para-hydroxylation sites is 2. The van der Waals surface area contributed by atoms with Gasteiger partial charge in [-0.1, -0.05) is 26.0 Å². The second-order valence-electron chi connectivity index (χ2n) is 6.60. The van der Waals surface area contributed by atoms with E-state index in [-0.39, 0.29) is 12.0 Å². The Labute approximate surface area is 134 Å². The fourth-order valence-electron chi connectivity index (χ4n) is 2.75. The normalized spacial score (nSPS) is 15.5. The van der Waals surface area contributed by atoms with Crippen molar-refractivity contribution < 1.29 is 9.53 Å². The standard InChI is InChI=1S/C18H28N2O2/c1-14(2)13-18(21)20-11-9-19(10-12-20)16-7-5-6-8-17(16)22-15(3)4/h5-8,14-15H,9-13H2,1-4H3. The molecule has 0 aromatic heterocycles. The molecule has 4 heteroatoms. The van der Waals surface area contributed by atoms with E-state index in [1.807, 2.05) is 36.9 Å². The van der Waals surface area contributed by atoms with Crippen LogP contribution in [0.15, 0.2) is 24.3 Å². The highest BCUT2D eigenvalue weighted by Gasteiger charge is 2.23. The lowest BCUT2D eigenvalue weighted by atomic mass is 10.1. The van der Waals surface area contributed by atoms with Crippen LogP contribution in [0.2, 0.25) is 0 Å². The van der Waals surface area contributed by atoms with Gasteiger partial charge in [0, 0.05) is 32.6 Å². The van der Waals surface area contributed by atoms with Crippen LogP contribution >= 0.6 is 0 Å². The average molecular weight is 304 g/mol. The zero-order valence-corrected chi connectivity index (χ0v) is 14.2. The number of rotatable bonds is 5. The van der Waals surface area contributed by atoms with E-state index in [1.54, 1.807) is 0 Å². The summed E-state index contributed by atoms with van der Waals surface area (Å²) < 4.78 is 5.90. The predicted octanol–water partition coefficient (Wildman–Crippen LogP) is 3.17. The van der Waals surface area contributed by atoms with Gasteiger partial charge in [0.25, 0.3) is 0 Å². The lowest BCUT2D eigenvalue weighted by molar-refractivity contribution is -0.132. The third kappa shape index (κ3) is 4.39. The van der Waals surface area contributed by atoms with Crippen LogP contribution < -0.4 is 9.64 Å². The van der Waals surface area contributed by atoms with E-state index in [0.29, 0.717) is 12.3 Å². The Morgan fingerprint density at radius 1 is 1.09 bits per heavy atom. The van der Waals surface area contributed by atoms with Crippen LogP contribution in [0.1, 0.15) is 34.1 Å². The lowest BCUT2D eigenvalue weighted by Gasteiger charge is -2.37. The molecule has 1 heterocycles. The summed E-state index contributed by atoms with van der Waals surface area (Å²) in [6.07, 6.45) is 0.808. The first-order valence-corrected chi connectivity index (χ1v) is 8.25. The first kappa shape index (κ1) is 16.7.